The molecule has 0 unspecified atom stereocenters. The molecule has 0 radical (unpaired) electrons. The fourth-order valence-corrected chi connectivity index (χ4v) is 2.89. The fraction of sp³-hybridized carbons (Fsp3) is 0.500. The largest absolute Gasteiger partial charge is 0.379 e. The first kappa shape index (κ1) is 12.7. The lowest BCUT2D eigenvalue weighted by molar-refractivity contribution is 0.0375. The van der Waals surface area contributed by atoms with Gasteiger partial charge < -0.3 is 9.72 Å². The maximum absolute atomic E-state index is 5.38. The summed E-state index contributed by atoms with van der Waals surface area (Å²) in [6, 6.07) is 6.54. The van der Waals surface area contributed by atoms with Gasteiger partial charge in [-0.1, -0.05) is 18.2 Å². The average Bonchev–Trinajstić information content (AvgIpc) is 2.85. The van der Waals surface area contributed by atoms with Crippen molar-refractivity contribution in [3.63, 3.8) is 0 Å². The van der Waals surface area contributed by atoms with Crippen LogP contribution in [0.25, 0.3) is 10.9 Å². The van der Waals surface area contributed by atoms with Gasteiger partial charge in [0.05, 0.1) is 13.2 Å². The molecule has 1 aromatic heterocycles. The lowest BCUT2D eigenvalue weighted by Crippen LogP contribution is -2.36. The molecular weight excluding hydrogens is 236 g/mol. The molecule has 1 aliphatic rings. The molecule has 1 saturated heterocycles. The maximum Gasteiger partial charge on any atom is 0.0594 e. The third kappa shape index (κ3) is 2.82. The number of hydrogen-bond acceptors (Lipinski definition) is 2. The van der Waals surface area contributed by atoms with Gasteiger partial charge in [0.1, 0.15) is 0 Å². The summed E-state index contributed by atoms with van der Waals surface area (Å²) >= 11 is 0. The molecule has 1 N–H and O–H groups in total. The summed E-state index contributed by atoms with van der Waals surface area (Å²) in [7, 11) is 0. The number of nitrogens with zero attached hydrogens (tertiary/aromatic N) is 1. The molecular formula is C16H22N2O. The van der Waals surface area contributed by atoms with E-state index in [0.29, 0.717) is 0 Å². The second-order valence-corrected chi connectivity index (χ2v) is 5.37. The maximum atomic E-state index is 5.38. The van der Waals surface area contributed by atoms with Crippen LogP contribution >= 0.6 is 0 Å². The number of aryl methyl sites for hydroxylation is 2. The Labute approximate surface area is 114 Å². The number of nitrogens with one attached hydrogen (secondary N) is 1. The molecule has 0 atom stereocenters. The zero-order valence-electron chi connectivity index (χ0n) is 11.6. The number of aromatic nitrogens is 1. The summed E-state index contributed by atoms with van der Waals surface area (Å²) in [6.45, 7) is 7.32. The quantitative estimate of drug-likeness (QED) is 0.913. The minimum absolute atomic E-state index is 0.895. The van der Waals surface area contributed by atoms with Crippen molar-refractivity contribution >= 4 is 10.9 Å². The Morgan fingerprint density at radius 3 is 2.95 bits per heavy atom. The van der Waals surface area contributed by atoms with Crippen LogP contribution in [0.5, 0.6) is 0 Å². The zero-order chi connectivity index (χ0) is 13.1. The van der Waals surface area contributed by atoms with Crippen LogP contribution in [0.1, 0.15) is 17.5 Å². The van der Waals surface area contributed by atoms with Crippen molar-refractivity contribution in [3.05, 3.63) is 35.5 Å². The smallest absolute Gasteiger partial charge is 0.0594 e. The van der Waals surface area contributed by atoms with Gasteiger partial charge in [-0.05, 0) is 37.4 Å². The van der Waals surface area contributed by atoms with Gasteiger partial charge >= 0.3 is 0 Å². The van der Waals surface area contributed by atoms with Crippen LogP contribution in [0, 0.1) is 6.92 Å². The molecule has 1 aliphatic heterocycles. The number of morpholine rings is 1. The molecule has 0 aliphatic carbocycles. The number of H-pyrrole nitrogens is 1. The monoisotopic (exact) mass is 258 g/mol. The second kappa shape index (κ2) is 5.76. The predicted molar refractivity (Wildman–Crippen MR) is 78.6 cm³/mol. The van der Waals surface area contributed by atoms with Crippen LogP contribution in [-0.2, 0) is 11.2 Å². The Morgan fingerprint density at radius 2 is 2.11 bits per heavy atom. The zero-order valence-corrected chi connectivity index (χ0v) is 11.6. The summed E-state index contributed by atoms with van der Waals surface area (Å²) in [6.07, 6.45) is 4.55. The van der Waals surface area contributed by atoms with Crippen LogP contribution in [0.3, 0.4) is 0 Å². The van der Waals surface area contributed by atoms with Gasteiger partial charge in [-0.25, -0.2) is 0 Å². The van der Waals surface area contributed by atoms with E-state index in [4.69, 9.17) is 4.74 Å². The van der Waals surface area contributed by atoms with Crippen LogP contribution in [0.4, 0.5) is 0 Å². The highest BCUT2D eigenvalue weighted by molar-refractivity contribution is 5.85. The number of hydrogen-bond donors (Lipinski definition) is 1. The van der Waals surface area contributed by atoms with Crippen molar-refractivity contribution in [1.29, 1.82) is 0 Å². The highest BCUT2D eigenvalue weighted by Crippen LogP contribution is 2.22. The summed E-state index contributed by atoms with van der Waals surface area (Å²) in [5.41, 5.74) is 4.08. The SMILES string of the molecule is Cc1cccc2c(CCCN3CCOCC3)c[nH]c12. The van der Waals surface area contributed by atoms with Gasteiger partial charge in [0, 0.05) is 30.2 Å². The van der Waals surface area contributed by atoms with Crippen molar-refractivity contribution < 1.29 is 4.74 Å². The van der Waals surface area contributed by atoms with Gasteiger partial charge in [-0.2, -0.15) is 0 Å². The van der Waals surface area contributed by atoms with Crippen molar-refractivity contribution in [1.82, 2.24) is 9.88 Å². The molecule has 0 amide bonds. The van der Waals surface area contributed by atoms with Gasteiger partial charge in [0.25, 0.3) is 0 Å². The molecule has 2 aromatic rings. The van der Waals surface area contributed by atoms with Crippen LogP contribution in [-0.4, -0.2) is 42.7 Å². The average molecular weight is 258 g/mol. The van der Waals surface area contributed by atoms with E-state index in [0.717, 1.165) is 32.7 Å². The Balaban J connectivity index is 1.60. The summed E-state index contributed by atoms with van der Waals surface area (Å²) in [5.74, 6) is 0. The minimum atomic E-state index is 0.895. The van der Waals surface area contributed by atoms with Gasteiger partial charge in [0.2, 0.25) is 0 Å². The van der Waals surface area contributed by atoms with Gasteiger partial charge in [-0.15, -0.1) is 0 Å². The molecule has 102 valence electrons. The molecule has 3 rings (SSSR count). The second-order valence-electron chi connectivity index (χ2n) is 5.37. The van der Waals surface area contributed by atoms with Crippen LogP contribution in [0.15, 0.2) is 24.4 Å². The van der Waals surface area contributed by atoms with Gasteiger partial charge in [-0.3, -0.25) is 4.90 Å². The summed E-state index contributed by atoms with van der Waals surface area (Å²) in [5, 5.41) is 1.39. The van der Waals surface area contributed by atoms with Crippen molar-refractivity contribution in [2.24, 2.45) is 0 Å². The van der Waals surface area contributed by atoms with E-state index in [1.807, 2.05) is 0 Å². The van der Waals surface area contributed by atoms with E-state index in [2.05, 4.69) is 41.2 Å². The van der Waals surface area contributed by atoms with Gasteiger partial charge in [0.15, 0.2) is 0 Å². The van der Waals surface area contributed by atoms with E-state index in [9.17, 15) is 0 Å². The number of rotatable bonds is 4. The third-order valence-corrected chi connectivity index (χ3v) is 4.03. The van der Waals surface area contributed by atoms with Crippen molar-refractivity contribution in [2.75, 3.05) is 32.8 Å². The number of benzene rings is 1. The standard InChI is InChI=1S/C16H22N2O/c1-13-4-2-6-15-14(12-17-16(13)15)5-3-7-18-8-10-19-11-9-18/h2,4,6,12,17H,3,5,7-11H2,1H3. The van der Waals surface area contributed by atoms with Crippen LogP contribution in [0.2, 0.25) is 0 Å². The van der Waals surface area contributed by atoms with Crippen LogP contribution < -0.4 is 0 Å². The highest BCUT2D eigenvalue weighted by Gasteiger charge is 2.10. The van der Waals surface area contributed by atoms with E-state index < -0.39 is 0 Å². The predicted octanol–water partition coefficient (Wildman–Crippen LogP) is 2.74. The number of aromatic amines is 1. The lowest BCUT2D eigenvalue weighted by Gasteiger charge is -2.26. The highest BCUT2D eigenvalue weighted by atomic mass is 16.5. The molecule has 3 heteroatoms. The van der Waals surface area contributed by atoms with E-state index in [-0.39, 0.29) is 0 Å². The molecule has 19 heavy (non-hydrogen) atoms. The first-order valence-corrected chi connectivity index (χ1v) is 7.20. The van der Waals surface area contributed by atoms with E-state index in [1.54, 1.807) is 0 Å². The minimum Gasteiger partial charge on any atom is -0.379 e. The molecule has 1 aromatic carbocycles. The molecule has 0 spiro atoms. The van der Waals surface area contributed by atoms with Crippen molar-refractivity contribution in [3.8, 4) is 0 Å². The molecule has 3 nitrogen and oxygen atoms in total. The van der Waals surface area contributed by atoms with E-state index in [1.165, 1.54) is 35.0 Å². The van der Waals surface area contributed by atoms with Crippen molar-refractivity contribution in [2.45, 2.75) is 19.8 Å². The normalized spacial score (nSPS) is 17.1. The molecule has 0 saturated carbocycles. The number of fused-ring (bicyclic) bond motifs is 1. The lowest BCUT2D eigenvalue weighted by atomic mass is 10.1. The Kier molecular flexibility index (Phi) is 3.85. The number of ether oxygens (including phenoxy) is 1. The molecule has 1 fully saturated rings. The summed E-state index contributed by atoms with van der Waals surface area (Å²) in [4.78, 5) is 5.91. The van der Waals surface area contributed by atoms with E-state index >= 15 is 0 Å². The number of para-hydroxylation sites is 1. The Morgan fingerprint density at radius 1 is 1.26 bits per heavy atom. The Bertz CT molecular complexity index is 541. The third-order valence-electron chi connectivity index (χ3n) is 4.03. The first-order valence-electron chi connectivity index (χ1n) is 7.20. The topological polar surface area (TPSA) is 28.3 Å². The molecule has 0 bridgehead atoms. The summed E-state index contributed by atoms with van der Waals surface area (Å²) < 4.78 is 5.38. The Hall–Kier alpha value is -1.32. The molecule has 2 heterocycles. The fourth-order valence-electron chi connectivity index (χ4n) is 2.89. The first-order chi connectivity index (χ1) is 9.34.